The lowest BCUT2D eigenvalue weighted by Gasteiger charge is -2.09. The fourth-order valence-electron chi connectivity index (χ4n) is 2.19. The van der Waals surface area contributed by atoms with E-state index >= 15 is 0 Å². The minimum atomic E-state index is 0.861. The molecule has 0 radical (unpaired) electrons. The number of rotatable bonds is 7. The van der Waals surface area contributed by atoms with Gasteiger partial charge < -0.3 is 5.32 Å². The van der Waals surface area contributed by atoms with Crippen molar-refractivity contribution < 1.29 is 0 Å². The third kappa shape index (κ3) is 3.92. The molecule has 5 heteroatoms. The van der Waals surface area contributed by atoms with Crippen LogP contribution in [-0.2, 0) is 19.4 Å². The van der Waals surface area contributed by atoms with Gasteiger partial charge in [-0.25, -0.2) is 9.67 Å². The van der Waals surface area contributed by atoms with Gasteiger partial charge in [0.2, 0.25) is 0 Å². The Bertz CT molecular complexity index is 592. The van der Waals surface area contributed by atoms with Gasteiger partial charge >= 0.3 is 0 Å². The second kappa shape index (κ2) is 7.71. The Morgan fingerprint density at radius 3 is 2.62 bits per heavy atom. The van der Waals surface area contributed by atoms with Gasteiger partial charge in [-0.1, -0.05) is 42.8 Å². The summed E-state index contributed by atoms with van der Waals surface area (Å²) in [6, 6.07) is 6.38. The van der Waals surface area contributed by atoms with Crippen LogP contribution < -0.4 is 5.32 Å². The molecule has 0 aliphatic carbocycles. The third-order valence-electron chi connectivity index (χ3n) is 3.37. The highest BCUT2D eigenvalue weighted by molar-refractivity contribution is 9.10. The first-order chi connectivity index (χ1) is 10.2. The molecular formula is C16H23BrN4. The maximum absolute atomic E-state index is 4.59. The zero-order valence-electron chi connectivity index (χ0n) is 13.0. The fraction of sp³-hybridized carbons (Fsp3) is 0.500. The Morgan fingerprint density at radius 2 is 2.00 bits per heavy atom. The molecule has 0 atom stereocenters. The highest BCUT2D eigenvalue weighted by Crippen LogP contribution is 2.21. The molecule has 0 saturated heterocycles. The van der Waals surface area contributed by atoms with Crippen molar-refractivity contribution in [3.63, 3.8) is 0 Å². The van der Waals surface area contributed by atoms with E-state index in [0.717, 1.165) is 54.2 Å². The number of aryl methyl sites for hydroxylation is 2. The molecule has 21 heavy (non-hydrogen) atoms. The number of halogens is 1. The number of aromatic nitrogens is 3. The van der Waals surface area contributed by atoms with Crippen LogP contribution in [0.15, 0.2) is 22.7 Å². The molecule has 2 aromatic rings. The summed E-state index contributed by atoms with van der Waals surface area (Å²) in [6.45, 7) is 8.28. The summed E-state index contributed by atoms with van der Waals surface area (Å²) in [5, 5.41) is 8.01. The summed E-state index contributed by atoms with van der Waals surface area (Å²) in [4.78, 5) is 4.56. The standard InChI is InChI=1S/C16H23BrN4/c1-4-9-18-11-12-7-8-13(10-14(12)17)21-16(6-3)19-15(5-2)20-21/h7-8,10,18H,4-6,9,11H2,1-3H3. The molecule has 2 rings (SSSR count). The average Bonchev–Trinajstić information content (AvgIpc) is 2.92. The SMILES string of the molecule is CCCNCc1ccc(-n2nc(CC)nc2CC)cc1Br. The summed E-state index contributed by atoms with van der Waals surface area (Å²) < 4.78 is 3.06. The molecule has 0 spiro atoms. The highest BCUT2D eigenvalue weighted by atomic mass is 79.9. The molecule has 1 heterocycles. The molecule has 0 aliphatic rings. The van der Waals surface area contributed by atoms with Gasteiger partial charge in [-0.15, -0.1) is 0 Å². The third-order valence-corrected chi connectivity index (χ3v) is 4.11. The second-order valence-electron chi connectivity index (χ2n) is 5.02. The van der Waals surface area contributed by atoms with Crippen LogP contribution in [0.3, 0.4) is 0 Å². The van der Waals surface area contributed by atoms with Crippen molar-refractivity contribution in [2.24, 2.45) is 0 Å². The number of hydrogen-bond acceptors (Lipinski definition) is 3. The van der Waals surface area contributed by atoms with Crippen LogP contribution in [0, 0.1) is 0 Å². The van der Waals surface area contributed by atoms with Crippen molar-refractivity contribution in [3.8, 4) is 5.69 Å². The lowest BCUT2D eigenvalue weighted by atomic mass is 10.2. The molecule has 114 valence electrons. The first kappa shape index (κ1) is 16.2. The quantitative estimate of drug-likeness (QED) is 0.775. The van der Waals surface area contributed by atoms with Crippen LogP contribution in [0.1, 0.15) is 44.4 Å². The van der Waals surface area contributed by atoms with Crippen molar-refractivity contribution in [1.82, 2.24) is 20.1 Å². The molecule has 1 aromatic carbocycles. The number of hydrogen-bond donors (Lipinski definition) is 1. The molecular weight excluding hydrogens is 328 g/mol. The van der Waals surface area contributed by atoms with Crippen LogP contribution in [0.4, 0.5) is 0 Å². The van der Waals surface area contributed by atoms with Gasteiger partial charge in [-0.2, -0.15) is 5.10 Å². The summed E-state index contributed by atoms with van der Waals surface area (Å²) in [6.07, 6.45) is 2.89. The van der Waals surface area contributed by atoms with Crippen LogP contribution in [0.25, 0.3) is 5.69 Å². The van der Waals surface area contributed by atoms with Crippen molar-refractivity contribution in [1.29, 1.82) is 0 Å². The molecule has 0 unspecified atom stereocenters. The van der Waals surface area contributed by atoms with Crippen LogP contribution in [-0.4, -0.2) is 21.3 Å². The van der Waals surface area contributed by atoms with Gasteiger partial charge in [-0.3, -0.25) is 0 Å². The van der Waals surface area contributed by atoms with E-state index in [4.69, 9.17) is 0 Å². The van der Waals surface area contributed by atoms with E-state index < -0.39 is 0 Å². The van der Waals surface area contributed by atoms with Crippen molar-refractivity contribution >= 4 is 15.9 Å². The van der Waals surface area contributed by atoms with Gasteiger partial charge in [0.05, 0.1) is 5.69 Å². The van der Waals surface area contributed by atoms with Gasteiger partial charge in [0.25, 0.3) is 0 Å². The van der Waals surface area contributed by atoms with Crippen LogP contribution in [0.2, 0.25) is 0 Å². The van der Waals surface area contributed by atoms with E-state index in [1.165, 1.54) is 5.56 Å². The van der Waals surface area contributed by atoms with E-state index in [1.807, 2.05) is 4.68 Å². The Morgan fingerprint density at radius 1 is 1.19 bits per heavy atom. The van der Waals surface area contributed by atoms with Crippen molar-refractivity contribution in [3.05, 3.63) is 39.9 Å². The average molecular weight is 351 g/mol. The monoisotopic (exact) mass is 350 g/mol. The fourth-order valence-corrected chi connectivity index (χ4v) is 2.70. The molecule has 0 amide bonds. The number of benzene rings is 1. The minimum Gasteiger partial charge on any atom is -0.313 e. The molecule has 0 saturated carbocycles. The normalized spacial score (nSPS) is 11.0. The lowest BCUT2D eigenvalue weighted by molar-refractivity contribution is 0.673. The van der Waals surface area contributed by atoms with Gasteiger partial charge in [0.1, 0.15) is 5.82 Å². The van der Waals surface area contributed by atoms with E-state index in [0.29, 0.717) is 0 Å². The Hall–Kier alpha value is -1.20. The smallest absolute Gasteiger partial charge is 0.151 e. The predicted octanol–water partition coefficient (Wildman–Crippen LogP) is 3.65. The maximum Gasteiger partial charge on any atom is 0.151 e. The number of nitrogens with zero attached hydrogens (tertiary/aromatic N) is 3. The van der Waals surface area contributed by atoms with Crippen LogP contribution >= 0.6 is 15.9 Å². The van der Waals surface area contributed by atoms with Gasteiger partial charge in [0, 0.05) is 23.9 Å². The van der Waals surface area contributed by atoms with Crippen molar-refractivity contribution in [2.45, 2.75) is 46.6 Å². The lowest BCUT2D eigenvalue weighted by Crippen LogP contribution is -2.14. The Labute approximate surface area is 135 Å². The first-order valence-electron chi connectivity index (χ1n) is 7.63. The Kier molecular flexibility index (Phi) is 5.94. The van der Waals surface area contributed by atoms with Crippen LogP contribution in [0.5, 0.6) is 0 Å². The Balaban J connectivity index is 2.25. The van der Waals surface area contributed by atoms with E-state index in [1.54, 1.807) is 0 Å². The summed E-state index contributed by atoms with van der Waals surface area (Å²) >= 11 is 3.67. The van der Waals surface area contributed by atoms with E-state index in [2.05, 4.69) is 70.3 Å². The van der Waals surface area contributed by atoms with Gasteiger partial charge in [0.15, 0.2) is 5.82 Å². The zero-order valence-corrected chi connectivity index (χ0v) is 14.6. The summed E-state index contributed by atoms with van der Waals surface area (Å²) in [5.74, 6) is 1.91. The summed E-state index contributed by atoms with van der Waals surface area (Å²) in [7, 11) is 0. The molecule has 0 bridgehead atoms. The largest absolute Gasteiger partial charge is 0.313 e. The van der Waals surface area contributed by atoms with Crippen molar-refractivity contribution in [2.75, 3.05) is 6.54 Å². The minimum absolute atomic E-state index is 0.861. The molecule has 0 fully saturated rings. The number of nitrogens with one attached hydrogen (secondary N) is 1. The predicted molar refractivity (Wildman–Crippen MR) is 89.8 cm³/mol. The van der Waals surface area contributed by atoms with E-state index in [9.17, 15) is 0 Å². The molecule has 1 aromatic heterocycles. The summed E-state index contributed by atoms with van der Waals surface area (Å²) in [5.41, 5.74) is 2.33. The topological polar surface area (TPSA) is 42.7 Å². The maximum atomic E-state index is 4.59. The molecule has 0 aliphatic heterocycles. The molecule has 4 nitrogen and oxygen atoms in total. The molecule has 1 N–H and O–H groups in total. The zero-order chi connectivity index (χ0) is 15.2. The van der Waals surface area contributed by atoms with E-state index in [-0.39, 0.29) is 0 Å². The highest BCUT2D eigenvalue weighted by Gasteiger charge is 2.10. The first-order valence-corrected chi connectivity index (χ1v) is 8.43. The second-order valence-corrected chi connectivity index (χ2v) is 5.87. The van der Waals surface area contributed by atoms with Gasteiger partial charge in [-0.05, 0) is 30.7 Å².